The summed E-state index contributed by atoms with van der Waals surface area (Å²) in [5, 5.41) is 34.2. The molecule has 12 nitrogen and oxygen atoms in total. The van der Waals surface area contributed by atoms with Gasteiger partial charge in [0, 0.05) is 54.8 Å². The molecule has 0 spiro atoms. The minimum Gasteiger partial charge on any atom is -0.619 e. The largest absolute Gasteiger partial charge is 0.619 e. The van der Waals surface area contributed by atoms with E-state index in [1.807, 2.05) is 0 Å². The highest BCUT2D eigenvalue weighted by Gasteiger charge is 2.34. The monoisotopic (exact) mass is 874 g/mol. The molecule has 0 radical (unpaired) electrons. The van der Waals surface area contributed by atoms with E-state index in [-0.39, 0.29) is 17.6 Å². The second-order valence-electron chi connectivity index (χ2n) is 14.6. The number of rotatable bonds is 8. The van der Waals surface area contributed by atoms with Gasteiger partial charge < -0.3 is 20.9 Å². The average molecular weight is 875 g/mol. The van der Waals surface area contributed by atoms with Crippen molar-refractivity contribution in [3.05, 3.63) is 149 Å². The van der Waals surface area contributed by atoms with Crippen LogP contribution in [0.2, 0.25) is 0 Å². The predicted octanol–water partition coefficient (Wildman–Crippen LogP) is 9.99. The molecule has 2 saturated carbocycles. The van der Waals surface area contributed by atoms with Crippen molar-refractivity contribution >= 4 is 34.0 Å². The van der Waals surface area contributed by atoms with Crippen LogP contribution >= 0.6 is 0 Å². The van der Waals surface area contributed by atoms with Crippen molar-refractivity contribution in [2.45, 2.75) is 49.9 Å². The molecule has 2 fully saturated rings. The molecule has 20 heteroatoms. The summed E-state index contributed by atoms with van der Waals surface area (Å²) in [6.07, 6.45) is 3.65. The number of pyridine rings is 2. The number of hydrogen-bond acceptors (Lipinski definition) is 9. The van der Waals surface area contributed by atoms with Crippen molar-refractivity contribution in [2.24, 2.45) is 0 Å². The van der Waals surface area contributed by atoms with Crippen LogP contribution in [0.25, 0.3) is 33.5 Å². The maximum atomic E-state index is 13.9. The molecule has 63 heavy (non-hydrogen) atoms. The molecule has 0 aliphatic heterocycles. The van der Waals surface area contributed by atoms with Gasteiger partial charge in [0.25, 0.3) is 0 Å². The maximum Gasteiger partial charge on any atom is 0.416 e. The van der Waals surface area contributed by atoms with Gasteiger partial charge in [-0.05, 0) is 86.3 Å². The Bertz CT molecular complexity index is 2910. The number of aliphatic hydroxyl groups excluding tert-OH is 1. The molecule has 2 aliphatic carbocycles. The van der Waals surface area contributed by atoms with E-state index in [1.165, 1.54) is 73.3 Å². The molecule has 6 aromatic heterocycles. The van der Waals surface area contributed by atoms with Crippen LogP contribution in [-0.4, -0.2) is 46.4 Å². The van der Waals surface area contributed by atoms with Gasteiger partial charge in [0.1, 0.15) is 23.1 Å². The summed E-state index contributed by atoms with van der Waals surface area (Å²) in [6.45, 7) is 0. The Morgan fingerprint density at radius 2 is 1.06 bits per heavy atom. The normalized spacial score (nSPS) is 13.9. The number of benzene rings is 2. The molecule has 0 saturated heterocycles. The minimum atomic E-state index is -4.44. The van der Waals surface area contributed by atoms with Crippen molar-refractivity contribution in [1.82, 2.24) is 34.2 Å². The van der Waals surface area contributed by atoms with E-state index in [1.54, 1.807) is 21.4 Å². The first kappa shape index (κ1) is 42.5. The van der Waals surface area contributed by atoms with Crippen molar-refractivity contribution in [1.29, 1.82) is 0 Å². The van der Waals surface area contributed by atoms with Crippen LogP contribution in [0.5, 0.6) is 0 Å². The molecule has 2 aromatic carbocycles. The fourth-order valence-corrected chi connectivity index (χ4v) is 6.86. The number of anilines is 4. The summed E-state index contributed by atoms with van der Waals surface area (Å²) in [5.41, 5.74) is 4.07. The van der Waals surface area contributed by atoms with E-state index in [9.17, 15) is 40.3 Å². The maximum absolute atomic E-state index is 13.9. The lowest BCUT2D eigenvalue weighted by Gasteiger charge is -2.10. The van der Waals surface area contributed by atoms with E-state index in [0.29, 0.717) is 55.8 Å². The Morgan fingerprint density at radius 3 is 1.52 bits per heavy atom. The van der Waals surface area contributed by atoms with E-state index < -0.39 is 29.3 Å². The molecular formula is C43H34F8N10O2. The number of alkyl halides is 6. The topological polar surface area (TPSA) is 144 Å². The molecular weight excluding hydrogens is 841 g/mol. The molecule has 3 N–H and O–H groups in total. The van der Waals surface area contributed by atoms with Crippen LogP contribution in [0.3, 0.4) is 0 Å². The zero-order valence-corrected chi connectivity index (χ0v) is 32.8. The number of fused-ring (bicyclic) bond motifs is 2. The summed E-state index contributed by atoms with van der Waals surface area (Å²) in [6, 6.07) is 14.4. The summed E-state index contributed by atoms with van der Waals surface area (Å²) in [5.74, 6) is 0.209. The van der Waals surface area contributed by atoms with Crippen molar-refractivity contribution in [3.8, 4) is 22.5 Å². The lowest BCUT2D eigenvalue weighted by Crippen LogP contribution is -2.26. The molecule has 10 rings (SSSR count). The van der Waals surface area contributed by atoms with Gasteiger partial charge in [0.15, 0.2) is 5.82 Å². The van der Waals surface area contributed by atoms with E-state index >= 15 is 0 Å². The first-order valence-corrected chi connectivity index (χ1v) is 19.3. The Balaban J connectivity index is 0.000000166. The van der Waals surface area contributed by atoms with Gasteiger partial charge in [0.2, 0.25) is 12.4 Å². The fourth-order valence-electron chi connectivity index (χ4n) is 6.86. The SMILES string of the molecule is CO.Fc1ccn2nc(C3CC3)c(-c3cncc(Nc4ccc(C(F)(F)F)cc4)n3)c2c1.[O-][n+]1cc(Nc2ccc(C(F)(F)F)cc2)nc(-c2c(C3CC3)nn3ccc(F)cc23)c1. The van der Waals surface area contributed by atoms with Crippen molar-refractivity contribution in [3.63, 3.8) is 0 Å². The zero-order chi connectivity index (χ0) is 44.6. The number of aliphatic hydroxyl groups is 1. The molecule has 0 amide bonds. The van der Waals surface area contributed by atoms with E-state index in [2.05, 4.69) is 35.8 Å². The predicted molar refractivity (Wildman–Crippen MR) is 215 cm³/mol. The van der Waals surface area contributed by atoms with Gasteiger partial charge in [-0.2, -0.15) is 41.3 Å². The third-order valence-electron chi connectivity index (χ3n) is 10.0. The molecule has 6 heterocycles. The minimum absolute atomic E-state index is 0.143. The van der Waals surface area contributed by atoms with Crippen LogP contribution in [-0.2, 0) is 12.4 Å². The van der Waals surface area contributed by atoms with Crippen LogP contribution < -0.4 is 15.4 Å². The van der Waals surface area contributed by atoms with Crippen molar-refractivity contribution < 1.29 is 45.0 Å². The standard InChI is InChI=1S/C21H15F4N5O.C21H15F4N5.CH4O/c22-14-7-8-30-17(9-14)19(20(28-30)12-1-2-12)16-10-29(31)11-18(27-16)26-15-5-3-13(4-6-15)21(23,24)25;22-14-7-8-30-17(9-14)19(20(29-30)12-1-2-12)16-10-26-11-18(28-16)27-15-5-3-13(4-6-15)21(23,24)25;1-2/h3-12H,1-2H2,(H,26,27);3-12H,1-2H2,(H,27,28);2H,1H3. The zero-order valence-electron chi connectivity index (χ0n) is 32.8. The van der Waals surface area contributed by atoms with Gasteiger partial charge in [-0.3, -0.25) is 4.98 Å². The van der Waals surface area contributed by atoms with Crippen LogP contribution in [0.1, 0.15) is 60.0 Å². The molecule has 0 bridgehead atoms. The summed E-state index contributed by atoms with van der Waals surface area (Å²) in [7, 11) is 1.00. The molecule has 0 atom stereocenters. The third kappa shape index (κ3) is 9.49. The van der Waals surface area contributed by atoms with Gasteiger partial charge in [-0.15, -0.1) is 0 Å². The number of aromatic nitrogens is 8. The molecule has 2 aliphatic rings. The van der Waals surface area contributed by atoms with Crippen LogP contribution in [0.4, 0.5) is 58.1 Å². The van der Waals surface area contributed by atoms with Gasteiger partial charge in [0.05, 0.1) is 62.8 Å². The highest BCUT2D eigenvalue weighted by Crippen LogP contribution is 2.46. The number of nitrogens with zero attached hydrogens (tertiary/aromatic N) is 8. The number of hydrogen-bond donors (Lipinski definition) is 3. The number of halogens is 8. The van der Waals surface area contributed by atoms with Gasteiger partial charge >= 0.3 is 12.4 Å². The molecule has 0 unspecified atom stereocenters. The Morgan fingerprint density at radius 1 is 0.619 bits per heavy atom. The number of nitrogens with one attached hydrogen (secondary N) is 2. The quantitative estimate of drug-likeness (QED) is 0.0772. The van der Waals surface area contributed by atoms with Crippen LogP contribution in [0.15, 0.2) is 110 Å². The first-order valence-electron chi connectivity index (χ1n) is 19.3. The second kappa shape index (κ2) is 16.9. The molecule has 324 valence electrons. The smallest absolute Gasteiger partial charge is 0.416 e. The lowest BCUT2D eigenvalue weighted by molar-refractivity contribution is -0.604. The van der Waals surface area contributed by atoms with E-state index in [0.717, 1.165) is 74.0 Å². The highest BCUT2D eigenvalue weighted by molar-refractivity contribution is 5.82. The average Bonchev–Trinajstić information content (AvgIpc) is 4.20. The Labute approximate surface area is 352 Å². The van der Waals surface area contributed by atoms with E-state index in [4.69, 9.17) is 5.11 Å². The fraction of sp³-hybridized carbons (Fsp3) is 0.209. The Kier molecular flexibility index (Phi) is 11.4. The van der Waals surface area contributed by atoms with Gasteiger partial charge in [-0.25, -0.2) is 27.8 Å². The molecule has 8 aromatic rings. The summed E-state index contributed by atoms with van der Waals surface area (Å²) >= 11 is 0. The summed E-state index contributed by atoms with van der Waals surface area (Å²) in [4.78, 5) is 13.2. The Hall–Kier alpha value is -7.22. The third-order valence-corrected chi connectivity index (χ3v) is 10.0. The van der Waals surface area contributed by atoms with Crippen LogP contribution in [0, 0.1) is 16.8 Å². The first-order chi connectivity index (χ1) is 30.2. The second-order valence-corrected chi connectivity index (χ2v) is 14.6. The summed E-state index contributed by atoms with van der Waals surface area (Å²) < 4.78 is 108. The van der Waals surface area contributed by atoms with Gasteiger partial charge in [-0.1, -0.05) is 0 Å². The lowest BCUT2D eigenvalue weighted by atomic mass is 10.1. The van der Waals surface area contributed by atoms with Crippen molar-refractivity contribution in [2.75, 3.05) is 17.7 Å². The highest BCUT2D eigenvalue weighted by atomic mass is 19.4.